The molecule has 0 bridgehead atoms. The fourth-order valence-corrected chi connectivity index (χ4v) is 3.41. The minimum atomic E-state index is 0. The fourth-order valence-electron chi connectivity index (χ4n) is 3.41. The van der Waals surface area contributed by atoms with Crippen LogP contribution in [0.15, 0.2) is 4.99 Å². The average Bonchev–Trinajstić information content (AvgIpc) is 3.34. The second-order valence-corrected chi connectivity index (χ2v) is 6.93. The van der Waals surface area contributed by atoms with Gasteiger partial charge in [0.1, 0.15) is 12.4 Å². The summed E-state index contributed by atoms with van der Waals surface area (Å²) in [6, 6.07) is 0. The smallest absolute Gasteiger partial charge is 0.194 e. The molecule has 0 radical (unpaired) electrons. The summed E-state index contributed by atoms with van der Waals surface area (Å²) < 4.78 is 13.0. The fraction of sp³-hybridized carbons (Fsp3) is 0.824. The monoisotopic (exact) mass is 478 g/mol. The van der Waals surface area contributed by atoms with Gasteiger partial charge in [-0.3, -0.25) is 0 Å². The molecule has 2 aliphatic rings. The molecule has 26 heavy (non-hydrogen) atoms. The lowest BCUT2D eigenvalue weighted by Gasteiger charge is -2.23. The van der Waals surface area contributed by atoms with Crippen molar-refractivity contribution in [2.24, 2.45) is 18.0 Å². The number of aliphatic imine (C=N–C) groups is 1. The zero-order valence-corrected chi connectivity index (χ0v) is 18.3. The molecule has 8 nitrogen and oxygen atoms in total. The van der Waals surface area contributed by atoms with Crippen molar-refractivity contribution < 1.29 is 9.47 Å². The molecule has 9 heteroatoms. The minimum Gasteiger partial charge on any atom is -0.384 e. The number of ether oxygens (including phenoxy) is 2. The number of nitrogens with one attached hydrogen (secondary N) is 1. The molecular weight excluding hydrogens is 447 g/mol. The molecule has 0 aromatic carbocycles. The number of likely N-dealkylation sites (tertiary alicyclic amines) is 1. The van der Waals surface area contributed by atoms with E-state index >= 15 is 0 Å². The molecular formula is C17H31IN6O2. The summed E-state index contributed by atoms with van der Waals surface area (Å²) in [6.45, 7) is 6.94. The van der Waals surface area contributed by atoms with Gasteiger partial charge in [-0.15, -0.1) is 34.2 Å². The quantitative estimate of drug-likeness (QED) is 0.378. The van der Waals surface area contributed by atoms with Crippen molar-refractivity contribution in [3.05, 3.63) is 11.6 Å². The molecule has 0 amide bonds. The van der Waals surface area contributed by atoms with Gasteiger partial charge in [0.2, 0.25) is 0 Å². The highest BCUT2D eigenvalue weighted by molar-refractivity contribution is 14.0. The van der Waals surface area contributed by atoms with Gasteiger partial charge in [-0.2, -0.15) is 0 Å². The number of methoxy groups -OCH3 is 1. The van der Waals surface area contributed by atoms with Gasteiger partial charge >= 0.3 is 0 Å². The molecule has 0 aliphatic carbocycles. The first-order valence-electron chi connectivity index (χ1n) is 9.16. The Kier molecular flexibility index (Phi) is 8.55. The van der Waals surface area contributed by atoms with Gasteiger partial charge in [0.25, 0.3) is 0 Å². The van der Waals surface area contributed by atoms with Crippen LogP contribution in [0.4, 0.5) is 0 Å². The summed E-state index contributed by atoms with van der Waals surface area (Å²) >= 11 is 0. The predicted molar refractivity (Wildman–Crippen MR) is 111 cm³/mol. The first-order chi connectivity index (χ1) is 12.2. The molecule has 2 saturated heterocycles. The van der Waals surface area contributed by atoms with E-state index in [-0.39, 0.29) is 24.0 Å². The molecule has 2 aliphatic heterocycles. The molecule has 1 aromatic rings. The van der Waals surface area contributed by atoms with Crippen molar-refractivity contribution in [1.82, 2.24) is 25.0 Å². The maximum Gasteiger partial charge on any atom is 0.194 e. The standard InChI is InChI=1S/C17H30N6O2.HI/c1-13-20-21-16(22(13)2)10-19-17(18-9-15-5-4-8-25-15)23-7-6-14(11-23)12-24-3;/h14-15H,4-12H2,1-3H3,(H,18,19);1H. The number of halogens is 1. The van der Waals surface area contributed by atoms with E-state index in [4.69, 9.17) is 14.5 Å². The lowest BCUT2D eigenvalue weighted by atomic mass is 10.1. The predicted octanol–water partition coefficient (Wildman–Crippen LogP) is 1.33. The summed E-state index contributed by atoms with van der Waals surface area (Å²) in [5.74, 6) is 3.29. The zero-order valence-electron chi connectivity index (χ0n) is 16.0. The highest BCUT2D eigenvalue weighted by atomic mass is 127. The molecule has 1 N–H and O–H groups in total. The van der Waals surface area contributed by atoms with E-state index in [1.807, 2.05) is 18.5 Å². The zero-order chi connectivity index (χ0) is 17.6. The number of hydrogen-bond donors (Lipinski definition) is 1. The second-order valence-electron chi connectivity index (χ2n) is 6.93. The summed E-state index contributed by atoms with van der Waals surface area (Å²) in [5.41, 5.74) is 0. The molecule has 0 saturated carbocycles. The Hall–Kier alpha value is -0.940. The van der Waals surface area contributed by atoms with Crippen LogP contribution in [0.3, 0.4) is 0 Å². The van der Waals surface area contributed by atoms with Gasteiger partial charge in [0, 0.05) is 46.3 Å². The number of aromatic nitrogens is 3. The largest absolute Gasteiger partial charge is 0.384 e. The molecule has 1 aromatic heterocycles. The summed E-state index contributed by atoms with van der Waals surface area (Å²) in [6.07, 6.45) is 3.70. The van der Waals surface area contributed by atoms with Crippen molar-refractivity contribution in [2.75, 3.05) is 40.0 Å². The molecule has 0 spiro atoms. The number of aryl methyl sites for hydroxylation is 1. The Balaban J connectivity index is 0.00000243. The van der Waals surface area contributed by atoms with Gasteiger partial charge in [-0.1, -0.05) is 0 Å². The topological polar surface area (TPSA) is 76.8 Å². The number of nitrogens with zero attached hydrogens (tertiary/aromatic N) is 5. The van der Waals surface area contributed by atoms with Gasteiger partial charge < -0.3 is 24.3 Å². The third-order valence-electron chi connectivity index (χ3n) is 5.05. The van der Waals surface area contributed by atoms with Crippen LogP contribution in [0, 0.1) is 12.8 Å². The highest BCUT2D eigenvalue weighted by Gasteiger charge is 2.26. The van der Waals surface area contributed by atoms with E-state index in [2.05, 4.69) is 20.4 Å². The van der Waals surface area contributed by atoms with Crippen molar-refractivity contribution in [3.8, 4) is 0 Å². The number of hydrogen-bond acceptors (Lipinski definition) is 5. The van der Waals surface area contributed by atoms with Crippen LogP contribution in [0.5, 0.6) is 0 Å². The third kappa shape index (κ3) is 5.53. The maximum absolute atomic E-state index is 5.73. The van der Waals surface area contributed by atoms with E-state index in [1.54, 1.807) is 7.11 Å². The van der Waals surface area contributed by atoms with E-state index in [9.17, 15) is 0 Å². The van der Waals surface area contributed by atoms with Gasteiger partial charge in [-0.05, 0) is 26.2 Å². The van der Waals surface area contributed by atoms with Gasteiger partial charge in [0.05, 0.1) is 12.7 Å². The van der Waals surface area contributed by atoms with E-state index in [0.717, 1.165) is 69.7 Å². The molecule has 148 valence electrons. The number of rotatable bonds is 6. The number of guanidine groups is 1. The molecule has 3 heterocycles. The molecule has 2 fully saturated rings. The van der Waals surface area contributed by atoms with E-state index in [1.165, 1.54) is 0 Å². The average molecular weight is 478 g/mol. The van der Waals surface area contributed by atoms with Crippen molar-refractivity contribution in [2.45, 2.75) is 38.8 Å². The molecule has 2 atom stereocenters. The van der Waals surface area contributed by atoms with Gasteiger partial charge in [-0.25, -0.2) is 4.99 Å². The van der Waals surface area contributed by atoms with Crippen LogP contribution >= 0.6 is 24.0 Å². The maximum atomic E-state index is 5.73. The minimum absolute atomic E-state index is 0. The van der Waals surface area contributed by atoms with Crippen molar-refractivity contribution in [1.29, 1.82) is 0 Å². The third-order valence-corrected chi connectivity index (χ3v) is 5.05. The lowest BCUT2D eigenvalue weighted by Crippen LogP contribution is -2.43. The SMILES string of the molecule is COCC1CCN(C(=NCc2nnc(C)n2C)NCC2CCCO2)C1.I. The van der Waals surface area contributed by atoms with Crippen molar-refractivity contribution >= 4 is 29.9 Å². The lowest BCUT2D eigenvalue weighted by molar-refractivity contribution is 0.113. The summed E-state index contributed by atoms with van der Waals surface area (Å²) in [4.78, 5) is 7.14. The van der Waals surface area contributed by atoms with Gasteiger partial charge in [0.15, 0.2) is 11.8 Å². The Morgan fingerprint density at radius 3 is 2.88 bits per heavy atom. The highest BCUT2D eigenvalue weighted by Crippen LogP contribution is 2.17. The summed E-state index contributed by atoms with van der Waals surface area (Å²) in [7, 11) is 3.74. The van der Waals surface area contributed by atoms with Crippen LogP contribution in [-0.2, 0) is 23.1 Å². The Morgan fingerprint density at radius 2 is 2.23 bits per heavy atom. The van der Waals surface area contributed by atoms with Crippen LogP contribution in [-0.4, -0.2) is 71.7 Å². The first kappa shape index (κ1) is 21.4. The van der Waals surface area contributed by atoms with E-state index in [0.29, 0.717) is 18.6 Å². The first-order valence-corrected chi connectivity index (χ1v) is 9.16. The second kappa shape index (κ2) is 10.4. The van der Waals surface area contributed by atoms with Crippen molar-refractivity contribution in [3.63, 3.8) is 0 Å². The summed E-state index contributed by atoms with van der Waals surface area (Å²) in [5, 5.41) is 11.8. The Labute approximate surface area is 172 Å². The van der Waals surface area contributed by atoms with Crippen LogP contribution in [0.25, 0.3) is 0 Å². The van der Waals surface area contributed by atoms with Crippen LogP contribution in [0.1, 0.15) is 30.9 Å². The normalized spacial score (nSPS) is 23.3. The van der Waals surface area contributed by atoms with Crippen LogP contribution in [0.2, 0.25) is 0 Å². The van der Waals surface area contributed by atoms with E-state index < -0.39 is 0 Å². The Morgan fingerprint density at radius 1 is 1.38 bits per heavy atom. The Bertz CT molecular complexity index is 588. The molecule has 3 rings (SSSR count). The molecule has 2 unspecified atom stereocenters. The van der Waals surface area contributed by atoms with Crippen LogP contribution < -0.4 is 5.32 Å².